The Morgan fingerprint density at radius 1 is 1.11 bits per heavy atom. The van der Waals surface area contributed by atoms with Crippen molar-refractivity contribution in [3.63, 3.8) is 0 Å². The SMILES string of the molecule is Cc1cc(C)cc(Oc2nc(N)nc3[nH]ncc23)c1. The average molecular weight is 255 g/mol. The van der Waals surface area contributed by atoms with Crippen LogP contribution in [0, 0.1) is 13.8 Å². The Hall–Kier alpha value is -2.63. The number of H-pyrrole nitrogens is 1. The summed E-state index contributed by atoms with van der Waals surface area (Å²) in [6.45, 7) is 4.03. The quantitative estimate of drug-likeness (QED) is 0.733. The van der Waals surface area contributed by atoms with Crippen LogP contribution in [0.1, 0.15) is 11.1 Å². The summed E-state index contributed by atoms with van der Waals surface area (Å²) in [5.74, 6) is 1.27. The Kier molecular flexibility index (Phi) is 2.56. The second-order valence-electron chi connectivity index (χ2n) is 4.44. The van der Waals surface area contributed by atoms with Crippen molar-refractivity contribution in [2.24, 2.45) is 0 Å². The zero-order valence-corrected chi connectivity index (χ0v) is 10.6. The summed E-state index contributed by atoms with van der Waals surface area (Å²) in [6, 6.07) is 5.96. The van der Waals surface area contributed by atoms with Crippen molar-refractivity contribution in [3.05, 3.63) is 35.5 Å². The van der Waals surface area contributed by atoms with E-state index in [2.05, 4.69) is 26.2 Å². The number of aryl methyl sites for hydroxylation is 2. The van der Waals surface area contributed by atoms with E-state index in [4.69, 9.17) is 10.5 Å². The molecule has 1 aromatic carbocycles. The smallest absolute Gasteiger partial charge is 0.235 e. The Balaban J connectivity index is 2.07. The number of aromatic amines is 1. The highest BCUT2D eigenvalue weighted by Gasteiger charge is 2.10. The van der Waals surface area contributed by atoms with Gasteiger partial charge in [0.2, 0.25) is 11.8 Å². The minimum absolute atomic E-state index is 0.149. The lowest BCUT2D eigenvalue weighted by molar-refractivity contribution is 0.468. The summed E-state index contributed by atoms with van der Waals surface area (Å²) in [4.78, 5) is 8.15. The Morgan fingerprint density at radius 2 is 1.84 bits per heavy atom. The van der Waals surface area contributed by atoms with Crippen LogP contribution < -0.4 is 10.5 Å². The summed E-state index contributed by atoms with van der Waals surface area (Å²) >= 11 is 0. The molecule has 6 nitrogen and oxygen atoms in total. The maximum atomic E-state index is 5.80. The van der Waals surface area contributed by atoms with Gasteiger partial charge in [-0.2, -0.15) is 15.1 Å². The molecule has 3 rings (SSSR count). The molecule has 2 heterocycles. The number of ether oxygens (including phenoxy) is 1. The monoisotopic (exact) mass is 255 g/mol. The molecule has 0 unspecified atom stereocenters. The van der Waals surface area contributed by atoms with Crippen molar-refractivity contribution in [1.29, 1.82) is 0 Å². The molecule has 0 saturated heterocycles. The molecular formula is C13H13N5O. The number of nitrogens with two attached hydrogens (primary N) is 1. The highest BCUT2D eigenvalue weighted by Crippen LogP contribution is 2.27. The van der Waals surface area contributed by atoms with Crippen molar-refractivity contribution < 1.29 is 4.74 Å². The molecule has 0 bridgehead atoms. The number of hydrogen-bond donors (Lipinski definition) is 2. The number of benzene rings is 1. The lowest BCUT2D eigenvalue weighted by atomic mass is 10.1. The number of aromatic nitrogens is 4. The van der Waals surface area contributed by atoms with Gasteiger partial charge in [-0.15, -0.1) is 0 Å². The van der Waals surface area contributed by atoms with E-state index in [1.165, 1.54) is 0 Å². The van der Waals surface area contributed by atoms with Gasteiger partial charge in [-0.25, -0.2) is 0 Å². The van der Waals surface area contributed by atoms with E-state index < -0.39 is 0 Å². The third kappa shape index (κ3) is 2.20. The predicted octanol–water partition coefficient (Wildman–Crippen LogP) is 2.34. The minimum atomic E-state index is 0.149. The first kappa shape index (κ1) is 11.5. The molecule has 3 aromatic rings. The highest BCUT2D eigenvalue weighted by atomic mass is 16.5. The zero-order valence-electron chi connectivity index (χ0n) is 10.6. The maximum absolute atomic E-state index is 5.80. The van der Waals surface area contributed by atoms with Crippen LogP contribution in [0.25, 0.3) is 11.0 Å². The lowest BCUT2D eigenvalue weighted by Crippen LogP contribution is -1.98. The molecule has 2 aromatic heterocycles. The van der Waals surface area contributed by atoms with Gasteiger partial charge in [-0.3, -0.25) is 5.10 Å². The Morgan fingerprint density at radius 3 is 2.58 bits per heavy atom. The first-order chi connectivity index (χ1) is 9.11. The Labute approximate surface area is 109 Å². The third-order valence-corrected chi connectivity index (χ3v) is 2.70. The standard InChI is InChI=1S/C13H13N5O/c1-7-3-8(2)5-9(4-7)19-12-10-6-15-18-11(10)16-13(14)17-12/h3-6H,1-2H3,(H3,14,15,16,17,18). The van der Waals surface area contributed by atoms with Gasteiger partial charge in [-0.1, -0.05) is 6.07 Å². The molecule has 19 heavy (non-hydrogen) atoms. The molecule has 0 fully saturated rings. The molecule has 0 atom stereocenters. The fraction of sp³-hybridized carbons (Fsp3) is 0.154. The fourth-order valence-corrected chi connectivity index (χ4v) is 2.01. The number of anilines is 1. The second-order valence-corrected chi connectivity index (χ2v) is 4.44. The highest BCUT2D eigenvalue weighted by molar-refractivity contribution is 5.80. The topological polar surface area (TPSA) is 89.7 Å². The van der Waals surface area contributed by atoms with Crippen molar-refractivity contribution >= 4 is 17.0 Å². The Bertz CT molecular complexity index is 730. The van der Waals surface area contributed by atoms with Gasteiger partial charge in [0.05, 0.1) is 6.20 Å². The van der Waals surface area contributed by atoms with Crippen molar-refractivity contribution in [2.45, 2.75) is 13.8 Å². The van der Waals surface area contributed by atoms with Crippen LogP contribution in [0.2, 0.25) is 0 Å². The predicted molar refractivity (Wildman–Crippen MR) is 72.1 cm³/mol. The van der Waals surface area contributed by atoms with E-state index in [-0.39, 0.29) is 5.95 Å². The molecule has 0 aliphatic heterocycles. The number of nitrogen functional groups attached to an aromatic ring is 1. The van der Waals surface area contributed by atoms with E-state index in [1.807, 2.05) is 26.0 Å². The van der Waals surface area contributed by atoms with E-state index in [1.54, 1.807) is 6.20 Å². The maximum Gasteiger partial charge on any atom is 0.235 e. The largest absolute Gasteiger partial charge is 0.438 e. The number of nitrogens with zero attached hydrogens (tertiary/aromatic N) is 3. The van der Waals surface area contributed by atoms with Gasteiger partial charge < -0.3 is 10.5 Å². The lowest BCUT2D eigenvalue weighted by Gasteiger charge is -2.08. The fourth-order valence-electron chi connectivity index (χ4n) is 2.01. The summed E-state index contributed by atoms with van der Waals surface area (Å²) in [5.41, 5.74) is 8.46. The van der Waals surface area contributed by atoms with E-state index in [0.717, 1.165) is 16.9 Å². The molecule has 6 heteroatoms. The molecule has 0 aliphatic carbocycles. The number of hydrogen-bond acceptors (Lipinski definition) is 5. The van der Waals surface area contributed by atoms with Gasteiger partial charge in [-0.05, 0) is 37.1 Å². The first-order valence-corrected chi connectivity index (χ1v) is 5.84. The van der Waals surface area contributed by atoms with Gasteiger partial charge in [0.15, 0.2) is 5.65 Å². The summed E-state index contributed by atoms with van der Waals surface area (Å²) in [5, 5.41) is 7.37. The van der Waals surface area contributed by atoms with Gasteiger partial charge in [0.1, 0.15) is 11.1 Å². The molecule has 0 saturated carbocycles. The number of nitrogens with one attached hydrogen (secondary N) is 1. The second kappa shape index (κ2) is 4.24. The van der Waals surface area contributed by atoms with Crippen molar-refractivity contribution in [3.8, 4) is 11.6 Å². The van der Waals surface area contributed by atoms with Crippen molar-refractivity contribution in [2.75, 3.05) is 5.73 Å². The molecule has 3 N–H and O–H groups in total. The molecular weight excluding hydrogens is 242 g/mol. The average Bonchev–Trinajstić information content (AvgIpc) is 2.75. The van der Waals surface area contributed by atoms with E-state index >= 15 is 0 Å². The molecule has 0 radical (unpaired) electrons. The molecule has 0 spiro atoms. The summed E-state index contributed by atoms with van der Waals surface area (Å²) < 4.78 is 5.80. The third-order valence-electron chi connectivity index (χ3n) is 2.70. The van der Waals surface area contributed by atoms with Crippen LogP contribution in [0.15, 0.2) is 24.4 Å². The van der Waals surface area contributed by atoms with E-state index in [0.29, 0.717) is 16.9 Å². The molecule has 96 valence electrons. The van der Waals surface area contributed by atoms with Gasteiger partial charge in [0.25, 0.3) is 0 Å². The number of rotatable bonds is 2. The van der Waals surface area contributed by atoms with Crippen LogP contribution in [0.3, 0.4) is 0 Å². The normalized spacial score (nSPS) is 10.8. The zero-order chi connectivity index (χ0) is 13.4. The molecule has 0 amide bonds. The number of fused-ring (bicyclic) bond motifs is 1. The van der Waals surface area contributed by atoms with Crippen LogP contribution in [0.5, 0.6) is 11.6 Å². The van der Waals surface area contributed by atoms with Crippen LogP contribution >= 0.6 is 0 Å². The summed E-state index contributed by atoms with van der Waals surface area (Å²) in [7, 11) is 0. The van der Waals surface area contributed by atoms with Crippen LogP contribution in [-0.2, 0) is 0 Å². The van der Waals surface area contributed by atoms with E-state index in [9.17, 15) is 0 Å². The van der Waals surface area contributed by atoms with Crippen molar-refractivity contribution in [1.82, 2.24) is 20.2 Å². The van der Waals surface area contributed by atoms with Gasteiger partial charge >= 0.3 is 0 Å². The molecule has 0 aliphatic rings. The first-order valence-electron chi connectivity index (χ1n) is 5.84. The van der Waals surface area contributed by atoms with Crippen LogP contribution in [0.4, 0.5) is 5.95 Å². The van der Waals surface area contributed by atoms with Gasteiger partial charge in [0, 0.05) is 0 Å². The summed E-state index contributed by atoms with van der Waals surface area (Å²) in [6.07, 6.45) is 1.62. The minimum Gasteiger partial charge on any atom is -0.438 e. The van der Waals surface area contributed by atoms with Crippen LogP contribution in [-0.4, -0.2) is 20.2 Å².